The Hall–Kier alpha value is -0.0100. The van der Waals surface area contributed by atoms with Crippen LogP contribution in [0.2, 0.25) is 0 Å². The Labute approximate surface area is 165 Å². The van der Waals surface area contributed by atoms with Crippen molar-refractivity contribution in [1.82, 2.24) is 6.15 Å². The topological polar surface area (TPSA) is 35.0 Å². The molecule has 0 aromatic heterocycles. The standard InChI is InChI=1S/C23H45Cl.H3N/c1-5-6-7-8-9-10-11-12-13-14-15-16-17-18-19-20-21-23(4,24)22(2)3;/h2,5-21H2,1,3-4H3;1H3. The normalized spacial score (nSPS) is 13.3. The summed E-state index contributed by atoms with van der Waals surface area (Å²) in [6.07, 6.45) is 23.8. The molecule has 25 heavy (non-hydrogen) atoms. The Kier molecular flexibility index (Phi) is 20.4. The lowest BCUT2D eigenvalue weighted by Gasteiger charge is -2.22. The maximum absolute atomic E-state index is 6.44. The van der Waals surface area contributed by atoms with E-state index in [9.17, 15) is 0 Å². The molecule has 3 N–H and O–H groups in total. The quantitative estimate of drug-likeness (QED) is 0.145. The van der Waals surface area contributed by atoms with Gasteiger partial charge in [0.2, 0.25) is 0 Å². The predicted molar refractivity (Wildman–Crippen MR) is 118 cm³/mol. The molecular weight excluding hydrogens is 326 g/mol. The van der Waals surface area contributed by atoms with Crippen molar-refractivity contribution in [3.05, 3.63) is 12.2 Å². The summed E-state index contributed by atoms with van der Waals surface area (Å²) in [6.45, 7) is 10.4. The number of unbranched alkanes of at least 4 members (excludes halogenated alkanes) is 15. The molecule has 0 heterocycles. The Morgan fingerprint density at radius 2 is 0.960 bits per heavy atom. The molecular formula is C23H48ClN. The van der Waals surface area contributed by atoms with E-state index in [4.69, 9.17) is 11.6 Å². The molecule has 0 saturated carbocycles. The first-order valence-electron chi connectivity index (χ1n) is 10.9. The average Bonchev–Trinajstić information content (AvgIpc) is 2.54. The average molecular weight is 374 g/mol. The molecule has 0 saturated heterocycles. The van der Waals surface area contributed by atoms with Gasteiger partial charge in [0, 0.05) is 0 Å². The van der Waals surface area contributed by atoms with Gasteiger partial charge in [0.15, 0.2) is 0 Å². The predicted octanol–water partition coefficient (Wildman–Crippen LogP) is 9.37. The van der Waals surface area contributed by atoms with Crippen LogP contribution < -0.4 is 6.15 Å². The fourth-order valence-electron chi connectivity index (χ4n) is 3.22. The van der Waals surface area contributed by atoms with E-state index in [1.807, 2.05) is 6.92 Å². The van der Waals surface area contributed by atoms with E-state index in [2.05, 4.69) is 20.4 Å². The highest BCUT2D eigenvalue weighted by Gasteiger charge is 2.20. The minimum absolute atomic E-state index is 0. The van der Waals surface area contributed by atoms with Crippen LogP contribution in [0.1, 0.15) is 130 Å². The van der Waals surface area contributed by atoms with Crippen molar-refractivity contribution in [1.29, 1.82) is 0 Å². The first kappa shape index (κ1) is 27.2. The summed E-state index contributed by atoms with van der Waals surface area (Å²) in [7, 11) is 0. The molecule has 0 spiro atoms. The van der Waals surface area contributed by atoms with Crippen LogP contribution in [0.15, 0.2) is 12.2 Å². The van der Waals surface area contributed by atoms with Crippen molar-refractivity contribution in [2.24, 2.45) is 0 Å². The molecule has 1 nitrogen and oxygen atoms in total. The van der Waals surface area contributed by atoms with Gasteiger partial charge in [-0.3, -0.25) is 0 Å². The van der Waals surface area contributed by atoms with Gasteiger partial charge in [-0.05, 0) is 20.3 Å². The van der Waals surface area contributed by atoms with Crippen LogP contribution in [0.5, 0.6) is 0 Å². The van der Waals surface area contributed by atoms with Gasteiger partial charge in [-0.15, -0.1) is 11.6 Å². The fraction of sp³-hybridized carbons (Fsp3) is 0.913. The van der Waals surface area contributed by atoms with E-state index in [0.717, 1.165) is 12.0 Å². The number of alkyl halides is 1. The number of halogens is 1. The number of hydrogen-bond donors (Lipinski definition) is 1. The third kappa shape index (κ3) is 18.6. The lowest BCUT2D eigenvalue weighted by atomic mass is 9.95. The monoisotopic (exact) mass is 373 g/mol. The highest BCUT2D eigenvalue weighted by atomic mass is 35.5. The maximum atomic E-state index is 6.44. The van der Waals surface area contributed by atoms with Crippen LogP contribution in [0.3, 0.4) is 0 Å². The molecule has 2 heteroatoms. The zero-order valence-electron chi connectivity index (χ0n) is 17.8. The first-order valence-corrected chi connectivity index (χ1v) is 11.2. The highest BCUT2D eigenvalue weighted by Crippen LogP contribution is 2.29. The van der Waals surface area contributed by atoms with Gasteiger partial charge in [-0.25, -0.2) is 0 Å². The summed E-state index contributed by atoms with van der Waals surface area (Å²) in [4.78, 5) is -0.185. The van der Waals surface area contributed by atoms with Gasteiger partial charge in [-0.1, -0.05) is 122 Å². The summed E-state index contributed by atoms with van der Waals surface area (Å²) in [6, 6.07) is 0. The molecule has 0 rings (SSSR count). The smallest absolute Gasteiger partial charge is 0.0621 e. The SMILES string of the molecule is C=C(C)C(C)(Cl)CCCCCCCCCCCCCCCCCC.N. The van der Waals surface area contributed by atoms with Crippen molar-refractivity contribution in [3.63, 3.8) is 0 Å². The number of rotatable bonds is 18. The van der Waals surface area contributed by atoms with Gasteiger partial charge in [0.25, 0.3) is 0 Å². The van der Waals surface area contributed by atoms with Crippen LogP contribution in [-0.4, -0.2) is 4.87 Å². The molecule has 0 aliphatic rings. The minimum Gasteiger partial charge on any atom is -0.344 e. The van der Waals surface area contributed by atoms with Crippen molar-refractivity contribution in [2.45, 2.75) is 135 Å². The second-order valence-electron chi connectivity index (χ2n) is 8.03. The van der Waals surface area contributed by atoms with Crippen LogP contribution >= 0.6 is 11.6 Å². The number of hydrogen-bond acceptors (Lipinski definition) is 1. The molecule has 0 bridgehead atoms. The van der Waals surface area contributed by atoms with E-state index in [1.165, 1.54) is 103 Å². The van der Waals surface area contributed by atoms with Gasteiger partial charge < -0.3 is 6.15 Å². The molecule has 0 aliphatic heterocycles. The Balaban J connectivity index is 0. The van der Waals surface area contributed by atoms with E-state index >= 15 is 0 Å². The van der Waals surface area contributed by atoms with Crippen molar-refractivity contribution in [2.75, 3.05) is 0 Å². The van der Waals surface area contributed by atoms with Gasteiger partial charge >= 0.3 is 0 Å². The zero-order valence-corrected chi connectivity index (χ0v) is 18.6. The van der Waals surface area contributed by atoms with Crippen LogP contribution in [0.4, 0.5) is 0 Å². The second kappa shape index (κ2) is 18.8. The second-order valence-corrected chi connectivity index (χ2v) is 8.87. The van der Waals surface area contributed by atoms with E-state index in [1.54, 1.807) is 0 Å². The Morgan fingerprint density at radius 1 is 0.680 bits per heavy atom. The molecule has 152 valence electrons. The summed E-state index contributed by atoms with van der Waals surface area (Å²) < 4.78 is 0. The lowest BCUT2D eigenvalue weighted by molar-refractivity contribution is 0.518. The third-order valence-electron chi connectivity index (χ3n) is 5.39. The summed E-state index contributed by atoms with van der Waals surface area (Å²) >= 11 is 6.44. The van der Waals surface area contributed by atoms with E-state index in [-0.39, 0.29) is 11.0 Å². The zero-order chi connectivity index (χ0) is 18.1. The summed E-state index contributed by atoms with van der Waals surface area (Å²) in [5.74, 6) is 0. The molecule has 0 aliphatic carbocycles. The lowest BCUT2D eigenvalue weighted by Crippen LogP contribution is -2.16. The van der Waals surface area contributed by atoms with E-state index < -0.39 is 0 Å². The first-order chi connectivity index (χ1) is 11.5. The largest absolute Gasteiger partial charge is 0.344 e. The Morgan fingerprint density at radius 3 is 1.24 bits per heavy atom. The number of allylic oxidation sites excluding steroid dienone is 1. The van der Waals surface area contributed by atoms with Crippen molar-refractivity contribution < 1.29 is 0 Å². The Bertz CT molecular complexity index is 286. The summed E-state index contributed by atoms with van der Waals surface area (Å²) in [5.41, 5.74) is 1.10. The molecule has 1 unspecified atom stereocenters. The van der Waals surface area contributed by atoms with Crippen LogP contribution in [-0.2, 0) is 0 Å². The molecule has 0 aromatic rings. The van der Waals surface area contributed by atoms with Gasteiger partial charge in [0.1, 0.15) is 0 Å². The van der Waals surface area contributed by atoms with Crippen LogP contribution in [0, 0.1) is 0 Å². The van der Waals surface area contributed by atoms with Gasteiger partial charge in [-0.2, -0.15) is 0 Å². The fourth-order valence-corrected chi connectivity index (χ4v) is 3.35. The molecule has 0 aromatic carbocycles. The van der Waals surface area contributed by atoms with Crippen molar-refractivity contribution in [3.8, 4) is 0 Å². The molecule has 0 amide bonds. The van der Waals surface area contributed by atoms with E-state index in [0.29, 0.717) is 0 Å². The minimum atomic E-state index is -0.185. The molecule has 1 atom stereocenters. The van der Waals surface area contributed by atoms with Gasteiger partial charge in [0.05, 0.1) is 4.87 Å². The molecule has 0 radical (unpaired) electrons. The van der Waals surface area contributed by atoms with Crippen LogP contribution in [0.25, 0.3) is 0 Å². The highest BCUT2D eigenvalue weighted by molar-refractivity contribution is 6.25. The summed E-state index contributed by atoms with van der Waals surface area (Å²) in [5, 5.41) is 0. The maximum Gasteiger partial charge on any atom is 0.0621 e. The van der Waals surface area contributed by atoms with Crippen molar-refractivity contribution >= 4 is 11.6 Å². The third-order valence-corrected chi connectivity index (χ3v) is 5.90. The molecule has 0 fully saturated rings.